The molecule has 2 heterocycles. The van der Waals surface area contributed by atoms with E-state index in [4.69, 9.17) is 0 Å². The Morgan fingerprint density at radius 2 is 2.12 bits per heavy atom. The number of likely N-dealkylation sites (tertiary alicyclic amines) is 1. The number of carbonyl (C=O) groups is 1. The number of alkyl halides is 3. The fourth-order valence-corrected chi connectivity index (χ4v) is 3.09. The van der Waals surface area contributed by atoms with Gasteiger partial charge in [0.15, 0.2) is 0 Å². The first-order valence-electron chi connectivity index (χ1n) is 7.92. The predicted octanol–water partition coefficient (Wildman–Crippen LogP) is 1.88. The Morgan fingerprint density at radius 1 is 1.42 bits per heavy atom. The van der Waals surface area contributed by atoms with Crippen molar-refractivity contribution in [3.8, 4) is 0 Å². The van der Waals surface area contributed by atoms with E-state index in [-0.39, 0.29) is 24.6 Å². The average molecular weight is 345 g/mol. The molecule has 8 heteroatoms. The maximum atomic E-state index is 12.5. The zero-order valence-electron chi connectivity index (χ0n) is 13.8. The zero-order valence-corrected chi connectivity index (χ0v) is 13.8. The molecule has 0 radical (unpaired) electrons. The number of pyridine rings is 1. The van der Waals surface area contributed by atoms with Gasteiger partial charge in [0.1, 0.15) is 0 Å². The van der Waals surface area contributed by atoms with E-state index in [2.05, 4.69) is 10.3 Å². The summed E-state index contributed by atoms with van der Waals surface area (Å²) in [5.74, 6) is -0.785. The van der Waals surface area contributed by atoms with Crippen LogP contribution in [0.1, 0.15) is 29.7 Å². The van der Waals surface area contributed by atoms with Crippen molar-refractivity contribution in [2.75, 3.05) is 19.6 Å². The van der Waals surface area contributed by atoms with Crippen LogP contribution in [-0.4, -0.2) is 41.6 Å². The minimum Gasteiger partial charge on any atom is -0.352 e. The molecule has 1 atom stereocenters. The molecule has 0 bridgehead atoms. The number of carbonyl (C=O) groups excluding carboxylic acids is 1. The van der Waals surface area contributed by atoms with Crippen molar-refractivity contribution < 1.29 is 18.0 Å². The Kier molecular flexibility index (Phi) is 5.69. The SMILES string of the molecule is Cc1cc(C)c(CNC(=O)[C@H]2CCCN(CC(F)(F)F)C2)c(=O)[nH]1. The van der Waals surface area contributed by atoms with Crippen LogP contribution in [0.5, 0.6) is 0 Å². The van der Waals surface area contributed by atoms with Crippen LogP contribution in [0.15, 0.2) is 10.9 Å². The largest absolute Gasteiger partial charge is 0.401 e. The zero-order chi connectivity index (χ0) is 17.9. The lowest BCUT2D eigenvalue weighted by Crippen LogP contribution is -2.46. The highest BCUT2D eigenvalue weighted by atomic mass is 19.4. The number of H-pyrrole nitrogens is 1. The predicted molar refractivity (Wildman–Crippen MR) is 83.6 cm³/mol. The van der Waals surface area contributed by atoms with Gasteiger partial charge in [0.25, 0.3) is 5.56 Å². The van der Waals surface area contributed by atoms with Crippen LogP contribution < -0.4 is 10.9 Å². The number of amides is 1. The molecule has 0 aliphatic carbocycles. The fraction of sp³-hybridized carbons (Fsp3) is 0.625. The third-order valence-electron chi connectivity index (χ3n) is 4.21. The molecule has 2 N–H and O–H groups in total. The van der Waals surface area contributed by atoms with Crippen molar-refractivity contribution in [1.29, 1.82) is 0 Å². The summed E-state index contributed by atoms with van der Waals surface area (Å²) in [6.07, 6.45) is -3.15. The number of nitrogens with one attached hydrogen (secondary N) is 2. The molecular formula is C16H22F3N3O2. The molecule has 0 saturated carbocycles. The fourth-order valence-electron chi connectivity index (χ4n) is 3.09. The molecule has 0 unspecified atom stereocenters. The number of piperidine rings is 1. The van der Waals surface area contributed by atoms with Gasteiger partial charge in [0, 0.05) is 24.3 Å². The number of rotatable bonds is 4. The highest BCUT2D eigenvalue weighted by Crippen LogP contribution is 2.22. The van der Waals surface area contributed by atoms with E-state index in [1.807, 2.05) is 6.07 Å². The molecule has 5 nitrogen and oxygen atoms in total. The van der Waals surface area contributed by atoms with Gasteiger partial charge >= 0.3 is 6.18 Å². The van der Waals surface area contributed by atoms with Crippen LogP contribution in [0.3, 0.4) is 0 Å². The van der Waals surface area contributed by atoms with Crippen molar-refractivity contribution in [1.82, 2.24) is 15.2 Å². The summed E-state index contributed by atoms with van der Waals surface area (Å²) in [7, 11) is 0. The van der Waals surface area contributed by atoms with Crippen LogP contribution in [0.25, 0.3) is 0 Å². The topological polar surface area (TPSA) is 65.2 Å². The second-order valence-electron chi connectivity index (χ2n) is 6.35. The Bertz CT molecular complexity index is 655. The molecule has 1 aromatic heterocycles. The summed E-state index contributed by atoms with van der Waals surface area (Å²) in [4.78, 5) is 28.1. The van der Waals surface area contributed by atoms with E-state index in [1.54, 1.807) is 13.8 Å². The second-order valence-corrected chi connectivity index (χ2v) is 6.35. The van der Waals surface area contributed by atoms with E-state index in [0.717, 1.165) is 11.3 Å². The monoisotopic (exact) mass is 345 g/mol. The van der Waals surface area contributed by atoms with Crippen molar-refractivity contribution in [3.63, 3.8) is 0 Å². The molecule has 2 rings (SSSR count). The summed E-state index contributed by atoms with van der Waals surface area (Å²) >= 11 is 0. The van der Waals surface area contributed by atoms with E-state index in [9.17, 15) is 22.8 Å². The molecule has 1 amide bonds. The molecule has 24 heavy (non-hydrogen) atoms. The molecule has 0 aromatic carbocycles. The van der Waals surface area contributed by atoms with E-state index < -0.39 is 18.6 Å². The average Bonchev–Trinajstić information content (AvgIpc) is 2.44. The van der Waals surface area contributed by atoms with Crippen molar-refractivity contribution in [2.24, 2.45) is 5.92 Å². The second kappa shape index (κ2) is 7.38. The lowest BCUT2D eigenvalue weighted by atomic mass is 9.97. The third kappa shape index (κ3) is 5.09. The van der Waals surface area contributed by atoms with Crippen LogP contribution in [0, 0.1) is 19.8 Å². The van der Waals surface area contributed by atoms with Crippen LogP contribution >= 0.6 is 0 Å². The highest BCUT2D eigenvalue weighted by Gasteiger charge is 2.34. The summed E-state index contributed by atoms with van der Waals surface area (Å²) in [5, 5.41) is 2.69. The lowest BCUT2D eigenvalue weighted by Gasteiger charge is -2.32. The maximum Gasteiger partial charge on any atom is 0.401 e. The number of aromatic nitrogens is 1. The highest BCUT2D eigenvalue weighted by molar-refractivity contribution is 5.79. The minimum atomic E-state index is -4.26. The normalized spacial score (nSPS) is 19.3. The van der Waals surface area contributed by atoms with E-state index >= 15 is 0 Å². The van der Waals surface area contributed by atoms with Gasteiger partial charge in [-0.15, -0.1) is 0 Å². The van der Waals surface area contributed by atoms with Crippen molar-refractivity contribution >= 4 is 5.91 Å². The molecule has 1 saturated heterocycles. The van der Waals surface area contributed by atoms with Crippen molar-refractivity contribution in [2.45, 2.75) is 39.4 Å². The molecule has 1 fully saturated rings. The summed E-state index contributed by atoms with van der Waals surface area (Å²) in [6.45, 7) is 3.08. The number of nitrogens with zero attached hydrogens (tertiary/aromatic N) is 1. The summed E-state index contributed by atoms with van der Waals surface area (Å²) < 4.78 is 37.4. The Labute approximate surface area is 138 Å². The van der Waals surface area contributed by atoms with Gasteiger partial charge in [-0.25, -0.2) is 0 Å². The molecule has 1 aliphatic heterocycles. The maximum absolute atomic E-state index is 12.5. The number of aryl methyl sites for hydroxylation is 2. The van der Waals surface area contributed by atoms with Crippen molar-refractivity contribution in [3.05, 3.63) is 33.2 Å². The number of aromatic amines is 1. The smallest absolute Gasteiger partial charge is 0.352 e. The van der Waals surface area contributed by atoms with Gasteiger partial charge in [-0.05, 0) is 44.9 Å². The van der Waals surface area contributed by atoms with Gasteiger partial charge in [0.2, 0.25) is 5.91 Å². The first-order valence-corrected chi connectivity index (χ1v) is 7.92. The van der Waals surface area contributed by atoms with Crippen LogP contribution in [-0.2, 0) is 11.3 Å². The Hall–Kier alpha value is -1.83. The summed E-state index contributed by atoms with van der Waals surface area (Å²) in [5.41, 5.74) is 1.73. The summed E-state index contributed by atoms with van der Waals surface area (Å²) in [6, 6.07) is 1.81. The molecule has 1 aliphatic rings. The van der Waals surface area contributed by atoms with Gasteiger partial charge in [0.05, 0.1) is 12.5 Å². The first-order chi connectivity index (χ1) is 11.2. The third-order valence-corrected chi connectivity index (χ3v) is 4.21. The Morgan fingerprint density at radius 3 is 2.75 bits per heavy atom. The lowest BCUT2D eigenvalue weighted by molar-refractivity contribution is -0.152. The number of hydrogen-bond acceptors (Lipinski definition) is 3. The standard InChI is InChI=1S/C16H22F3N3O2/c1-10-6-11(2)21-15(24)13(10)7-20-14(23)12-4-3-5-22(8-12)9-16(17,18)19/h6,12H,3-5,7-9H2,1-2H3,(H,20,23)(H,21,24)/t12-/m0/s1. The number of hydrogen-bond donors (Lipinski definition) is 2. The quantitative estimate of drug-likeness (QED) is 0.876. The van der Waals surface area contributed by atoms with Crippen LogP contribution in [0.4, 0.5) is 13.2 Å². The first kappa shape index (κ1) is 18.5. The van der Waals surface area contributed by atoms with Gasteiger partial charge in [-0.2, -0.15) is 13.2 Å². The molecule has 0 spiro atoms. The van der Waals surface area contributed by atoms with E-state index in [1.165, 1.54) is 4.90 Å². The number of halogens is 3. The minimum absolute atomic E-state index is 0.0794. The van der Waals surface area contributed by atoms with Gasteiger partial charge < -0.3 is 10.3 Å². The Balaban J connectivity index is 1.94. The molecule has 1 aromatic rings. The van der Waals surface area contributed by atoms with Crippen LogP contribution in [0.2, 0.25) is 0 Å². The molecular weight excluding hydrogens is 323 g/mol. The molecule has 134 valence electrons. The van der Waals surface area contributed by atoms with Gasteiger partial charge in [-0.3, -0.25) is 14.5 Å². The van der Waals surface area contributed by atoms with Gasteiger partial charge in [-0.1, -0.05) is 0 Å². The van der Waals surface area contributed by atoms with E-state index in [0.29, 0.717) is 24.9 Å².